The molecular formula is C28H39F4N3O5S. The van der Waals surface area contributed by atoms with Gasteiger partial charge in [0.1, 0.15) is 5.82 Å². The molecule has 13 heteroatoms. The highest BCUT2D eigenvalue weighted by Crippen LogP contribution is 2.22. The van der Waals surface area contributed by atoms with Crippen molar-refractivity contribution >= 4 is 21.7 Å². The molecule has 1 aliphatic heterocycles. The Morgan fingerprint density at radius 3 is 2.39 bits per heavy atom. The van der Waals surface area contributed by atoms with Crippen LogP contribution in [-0.4, -0.2) is 62.9 Å². The summed E-state index contributed by atoms with van der Waals surface area (Å²) in [6.45, 7) is 9.94. The summed E-state index contributed by atoms with van der Waals surface area (Å²) in [6.07, 6.45) is -1.44. The Balaban J connectivity index is 0.000000745. The maximum absolute atomic E-state index is 14.5. The normalized spacial score (nSPS) is 16.2. The predicted octanol–water partition coefficient (Wildman–Crippen LogP) is 5.40. The van der Waals surface area contributed by atoms with Crippen LogP contribution in [0.15, 0.2) is 47.4 Å². The van der Waals surface area contributed by atoms with Crippen LogP contribution in [0.3, 0.4) is 0 Å². The summed E-state index contributed by atoms with van der Waals surface area (Å²) in [5.41, 5.74) is 2.31. The van der Waals surface area contributed by atoms with E-state index in [1.54, 1.807) is 0 Å². The Morgan fingerprint density at radius 2 is 1.80 bits per heavy atom. The molecule has 3 N–H and O–H groups in total. The first-order chi connectivity index (χ1) is 19.2. The Bertz CT molecular complexity index is 1230. The van der Waals surface area contributed by atoms with Crippen LogP contribution in [0.1, 0.15) is 51.2 Å². The van der Waals surface area contributed by atoms with Crippen LogP contribution < -0.4 is 10.0 Å². The van der Waals surface area contributed by atoms with Gasteiger partial charge in [-0.15, -0.1) is 0 Å². The van der Waals surface area contributed by atoms with Gasteiger partial charge in [0.2, 0.25) is 10.0 Å². The van der Waals surface area contributed by atoms with Gasteiger partial charge >= 0.3 is 12.1 Å². The summed E-state index contributed by atoms with van der Waals surface area (Å²) in [5, 5.41) is 10.1. The Kier molecular flexibility index (Phi) is 13.5. The van der Waals surface area contributed by atoms with E-state index in [0.29, 0.717) is 31.7 Å². The highest BCUT2D eigenvalue weighted by molar-refractivity contribution is 7.89. The van der Waals surface area contributed by atoms with E-state index >= 15 is 0 Å². The number of nitrogens with one attached hydrogen (secondary N) is 2. The van der Waals surface area contributed by atoms with Gasteiger partial charge in [-0.25, -0.2) is 22.3 Å². The number of nitrogens with zero attached hydrogens (tertiary/aromatic N) is 1. The van der Waals surface area contributed by atoms with Crippen molar-refractivity contribution in [1.29, 1.82) is 0 Å². The topological polar surface area (TPSA) is 108 Å². The molecule has 8 nitrogen and oxygen atoms in total. The second kappa shape index (κ2) is 16.0. The molecule has 0 radical (unpaired) electrons. The molecule has 0 spiro atoms. The zero-order valence-corrected chi connectivity index (χ0v) is 24.3. The summed E-state index contributed by atoms with van der Waals surface area (Å²) in [7, 11) is -3.85. The average Bonchev–Trinajstić information content (AvgIpc) is 2.89. The van der Waals surface area contributed by atoms with Crippen LogP contribution in [0, 0.1) is 11.7 Å². The number of alkyl halides is 3. The highest BCUT2D eigenvalue weighted by atomic mass is 32.2. The number of hydrogen-bond acceptors (Lipinski definition) is 6. The lowest BCUT2D eigenvalue weighted by molar-refractivity contribution is -0.192. The molecule has 2 aromatic rings. The van der Waals surface area contributed by atoms with E-state index in [9.17, 15) is 26.0 Å². The second-order valence-corrected chi connectivity index (χ2v) is 12.0. The SMILES string of the molecule is CC(C)COCCNc1ccc(S(=O)(=O)NCc2ccccc2CN2CCCCC2C)cc1F.O=C(O)C(F)(F)F. The van der Waals surface area contributed by atoms with Gasteiger partial charge in [-0.2, -0.15) is 13.2 Å². The van der Waals surface area contributed by atoms with Gasteiger partial charge in [-0.05, 0) is 61.6 Å². The summed E-state index contributed by atoms with van der Waals surface area (Å²) in [6, 6.07) is 12.4. The highest BCUT2D eigenvalue weighted by Gasteiger charge is 2.38. The van der Waals surface area contributed by atoms with Crippen LogP contribution >= 0.6 is 0 Å². The van der Waals surface area contributed by atoms with Gasteiger partial charge < -0.3 is 15.2 Å². The van der Waals surface area contributed by atoms with Crippen molar-refractivity contribution in [3.63, 3.8) is 0 Å². The smallest absolute Gasteiger partial charge is 0.475 e. The fourth-order valence-corrected chi connectivity index (χ4v) is 5.15. The molecule has 1 saturated heterocycles. The third kappa shape index (κ3) is 12.0. The van der Waals surface area contributed by atoms with Gasteiger partial charge in [0.25, 0.3) is 0 Å². The predicted molar refractivity (Wildman–Crippen MR) is 148 cm³/mol. The van der Waals surface area contributed by atoms with Crippen LogP contribution in [0.5, 0.6) is 0 Å². The molecule has 41 heavy (non-hydrogen) atoms. The zero-order chi connectivity index (χ0) is 30.6. The molecule has 1 heterocycles. The first kappa shape index (κ1) is 34.5. The van der Waals surface area contributed by atoms with E-state index in [4.69, 9.17) is 14.6 Å². The van der Waals surface area contributed by atoms with Crippen LogP contribution in [0.2, 0.25) is 0 Å². The molecule has 3 rings (SSSR count). The van der Waals surface area contributed by atoms with E-state index in [-0.39, 0.29) is 17.1 Å². The minimum atomic E-state index is -5.08. The van der Waals surface area contributed by atoms with Crippen molar-refractivity contribution in [1.82, 2.24) is 9.62 Å². The average molecular weight is 606 g/mol. The van der Waals surface area contributed by atoms with Gasteiger partial charge in [0.05, 0.1) is 17.2 Å². The lowest BCUT2D eigenvalue weighted by Crippen LogP contribution is -2.37. The summed E-state index contributed by atoms with van der Waals surface area (Å²) in [5.74, 6) is -2.92. The number of carbonyl (C=O) groups is 1. The minimum absolute atomic E-state index is 0.0891. The molecule has 0 saturated carbocycles. The number of benzene rings is 2. The quantitative estimate of drug-likeness (QED) is 0.220. The number of aliphatic carboxylic acids is 1. The van der Waals surface area contributed by atoms with E-state index in [1.165, 1.54) is 31.4 Å². The molecule has 0 aliphatic carbocycles. The monoisotopic (exact) mass is 605 g/mol. The zero-order valence-electron chi connectivity index (χ0n) is 23.5. The van der Waals surface area contributed by atoms with Crippen LogP contribution in [-0.2, 0) is 32.6 Å². The fraction of sp³-hybridized carbons (Fsp3) is 0.536. The number of piperidine rings is 1. The lowest BCUT2D eigenvalue weighted by Gasteiger charge is -2.33. The van der Waals surface area contributed by atoms with Crippen molar-refractivity contribution in [3.05, 3.63) is 59.4 Å². The second-order valence-electron chi connectivity index (χ2n) is 10.2. The van der Waals surface area contributed by atoms with Crippen molar-refractivity contribution in [2.45, 2.75) is 70.2 Å². The molecule has 230 valence electrons. The summed E-state index contributed by atoms with van der Waals surface area (Å²) < 4.78 is 80.1. The number of rotatable bonds is 12. The maximum atomic E-state index is 14.5. The Hall–Kier alpha value is -2.74. The Morgan fingerprint density at radius 1 is 1.15 bits per heavy atom. The van der Waals surface area contributed by atoms with Gasteiger partial charge in [-0.3, -0.25) is 4.90 Å². The fourth-order valence-electron chi connectivity index (χ4n) is 4.13. The number of sulfonamides is 1. The molecular weight excluding hydrogens is 566 g/mol. The van der Waals surface area contributed by atoms with Crippen LogP contribution in [0.4, 0.5) is 23.2 Å². The maximum Gasteiger partial charge on any atom is 0.490 e. The van der Waals surface area contributed by atoms with Crippen molar-refractivity contribution in [2.24, 2.45) is 5.92 Å². The van der Waals surface area contributed by atoms with Crippen molar-refractivity contribution in [2.75, 3.05) is 31.6 Å². The van der Waals surface area contributed by atoms with E-state index in [1.807, 2.05) is 18.2 Å². The third-order valence-electron chi connectivity index (χ3n) is 6.39. The largest absolute Gasteiger partial charge is 0.490 e. The lowest BCUT2D eigenvalue weighted by atomic mass is 10.0. The standard InChI is InChI=1S/C26H38FN3O3S.C2HF3O2/c1-20(2)19-33-15-13-28-26-12-11-24(16-25(26)27)34(31,32)29-17-22-9-4-5-10-23(22)18-30-14-7-6-8-21(30)3;3-2(4,5)1(6)7/h4-5,9-12,16,20-21,28-29H,6-8,13-15,17-19H2,1-3H3;(H,6,7). The number of carboxylic acid groups (broad SMARTS) is 1. The Labute approximate surface area is 239 Å². The first-order valence-corrected chi connectivity index (χ1v) is 14.9. The number of likely N-dealkylation sites (tertiary alicyclic amines) is 1. The molecule has 0 amide bonds. The molecule has 1 atom stereocenters. The minimum Gasteiger partial charge on any atom is -0.475 e. The molecule has 0 aromatic heterocycles. The van der Waals surface area contributed by atoms with Crippen molar-refractivity contribution < 1.29 is 40.6 Å². The van der Waals surface area contributed by atoms with Crippen molar-refractivity contribution in [3.8, 4) is 0 Å². The van der Waals surface area contributed by atoms with E-state index < -0.39 is 28.0 Å². The first-order valence-electron chi connectivity index (χ1n) is 13.4. The molecule has 0 bridgehead atoms. The molecule has 1 fully saturated rings. The van der Waals surface area contributed by atoms with Crippen LogP contribution in [0.25, 0.3) is 0 Å². The summed E-state index contributed by atoms with van der Waals surface area (Å²) >= 11 is 0. The number of ether oxygens (including phenoxy) is 1. The van der Waals surface area contributed by atoms with E-state index in [2.05, 4.69) is 41.8 Å². The third-order valence-corrected chi connectivity index (χ3v) is 7.79. The number of halogens is 4. The molecule has 1 unspecified atom stereocenters. The van der Waals surface area contributed by atoms with Gasteiger partial charge in [-0.1, -0.05) is 44.5 Å². The number of carboxylic acids is 1. The van der Waals surface area contributed by atoms with Gasteiger partial charge in [0.15, 0.2) is 0 Å². The number of anilines is 1. The summed E-state index contributed by atoms with van der Waals surface area (Å²) in [4.78, 5) is 11.3. The molecule has 1 aliphatic rings. The molecule has 2 aromatic carbocycles. The number of hydrogen-bond donors (Lipinski definition) is 3. The van der Waals surface area contributed by atoms with Gasteiger partial charge in [0, 0.05) is 32.3 Å². The van der Waals surface area contributed by atoms with E-state index in [0.717, 1.165) is 30.3 Å².